The van der Waals surface area contributed by atoms with Crippen LogP contribution in [0.3, 0.4) is 0 Å². The summed E-state index contributed by atoms with van der Waals surface area (Å²) in [6.45, 7) is 2.37. The maximum absolute atomic E-state index is 13.6. The highest BCUT2D eigenvalue weighted by molar-refractivity contribution is 6.40. The number of carbonyl (C=O) groups excluding carboxylic acids is 3. The predicted octanol–water partition coefficient (Wildman–Crippen LogP) is 4.58. The first-order chi connectivity index (χ1) is 20.8. The summed E-state index contributed by atoms with van der Waals surface area (Å²) in [6, 6.07) is 14.0. The lowest BCUT2D eigenvalue weighted by Gasteiger charge is -2.32. The number of esters is 1. The lowest BCUT2D eigenvalue weighted by atomic mass is 9.92. The molecule has 0 radical (unpaired) electrons. The summed E-state index contributed by atoms with van der Waals surface area (Å²) in [7, 11) is 2.95. The van der Waals surface area contributed by atoms with Gasteiger partial charge in [-0.05, 0) is 46.5 Å². The molecule has 1 saturated heterocycles. The Morgan fingerprint density at radius 2 is 1.81 bits per heavy atom. The highest BCUT2D eigenvalue weighted by Crippen LogP contribution is 2.35. The molecule has 0 aromatic heterocycles. The molecule has 12 heteroatoms. The van der Waals surface area contributed by atoms with Crippen LogP contribution in [-0.2, 0) is 16.0 Å². The SMILES string of the molecule is CN=CC(=CN)c1cc(Cl)c(C(=O)N2Cc3cccc(-c4ccc(C(=O)OC)c(N5CCOCC5)c4)c3C(=O)N2)c(Cl)c1. The summed E-state index contributed by atoms with van der Waals surface area (Å²) in [5.41, 5.74) is 13.2. The van der Waals surface area contributed by atoms with E-state index >= 15 is 0 Å². The summed E-state index contributed by atoms with van der Waals surface area (Å²) in [6.07, 6.45) is 2.92. The Morgan fingerprint density at radius 3 is 2.47 bits per heavy atom. The van der Waals surface area contributed by atoms with E-state index in [0.717, 1.165) is 5.56 Å². The molecule has 0 aliphatic carbocycles. The molecule has 2 aliphatic rings. The zero-order valence-electron chi connectivity index (χ0n) is 23.5. The second-order valence-electron chi connectivity index (χ2n) is 9.82. The number of halogens is 2. The van der Waals surface area contributed by atoms with Crippen LogP contribution >= 0.6 is 23.2 Å². The molecule has 0 unspecified atom stereocenters. The number of ether oxygens (including phenoxy) is 2. The third kappa shape index (κ3) is 5.94. The van der Waals surface area contributed by atoms with Crippen LogP contribution in [0.2, 0.25) is 10.0 Å². The fourth-order valence-electron chi connectivity index (χ4n) is 5.23. The van der Waals surface area contributed by atoms with E-state index in [1.54, 1.807) is 43.6 Å². The van der Waals surface area contributed by atoms with Gasteiger partial charge in [0.05, 0.1) is 59.3 Å². The first-order valence-corrected chi connectivity index (χ1v) is 14.2. The Morgan fingerprint density at radius 1 is 1.09 bits per heavy atom. The molecular formula is C31H29Cl2N5O5. The number of anilines is 1. The molecule has 3 aromatic carbocycles. The van der Waals surface area contributed by atoms with Crippen molar-refractivity contribution in [2.24, 2.45) is 10.7 Å². The van der Waals surface area contributed by atoms with Crippen molar-refractivity contribution in [1.82, 2.24) is 10.4 Å². The zero-order chi connectivity index (χ0) is 30.7. The third-order valence-electron chi connectivity index (χ3n) is 7.29. The molecule has 1 fully saturated rings. The normalized spacial score (nSPS) is 15.3. The maximum Gasteiger partial charge on any atom is 0.339 e. The molecule has 0 atom stereocenters. The van der Waals surface area contributed by atoms with Gasteiger partial charge in [0.15, 0.2) is 0 Å². The number of amides is 2. The van der Waals surface area contributed by atoms with Crippen molar-refractivity contribution in [3.05, 3.63) is 92.6 Å². The Balaban J connectivity index is 1.48. The average molecular weight is 623 g/mol. The number of nitrogens with one attached hydrogen (secondary N) is 1. The van der Waals surface area contributed by atoms with Crippen molar-refractivity contribution in [2.45, 2.75) is 6.54 Å². The van der Waals surface area contributed by atoms with Crippen molar-refractivity contribution >= 4 is 58.5 Å². The molecule has 0 bridgehead atoms. The minimum absolute atomic E-state index is 0.0466. The van der Waals surface area contributed by atoms with Crippen molar-refractivity contribution < 1.29 is 23.9 Å². The lowest BCUT2D eigenvalue weighted by Crippen LogP contribution is -2.49. The van der Waals surface area contributed by atoms with E-state index in [-0.39, 0.29) is 22.2 Å². The van der Waals surface area contributed by atoms with E-state index in [4.69, 9.17) is 38.4 Å². The number of allylic oxidation sites excluding steroid dienone is 1. The molecule has 0 saturated carbocycles. The number of fused-ring (bicyclic) bond motifs is 1. The van der Waals surface area contributed by atoms with Crippen LogP contribution < -0.4 is 16.1 Å². The van der Waals surface area contributed by atoms with Gasteiger partial charge in [0.2, 0.25) is 0 Å². The number of benzene rings is 3. The van der Waals surface area contributed by atoms with Gasteiger partial charge >= 0.3 is 5.97 Å². The number of rotatable bonds is 6. The maximum atomic E-state index is 13.6. The summed E-state index contributed by atoms with van der Waals surface area (Å²) < 4.78 is 10.5. The lowest BCUT2D eigenvalue weighted by molar-refractivity contribution is 0.0540. The van der Waals surface area contributed by atoms with E-state index in [1.807, 2.05) is 18.2 Å². The standard InChI is InChI=1S/C31H29Cl2N5O5/c1-35-16-21(15-34)20-12-24(32)28(25(33)13-20)30(40)38-17-19-4-3-5-22(27(19)29(39)36-38)18-6-7-23(31(41)42-2)26(14-18)37-8-10-43-11-9-37/h3-7,12-16H,8-11,17,34H2,1-2H3,(H,36,39). The van der Waals surface area contributed by atoms with E-state index < -0.39 is 17.8 Å². The minimum atomic E-state index is -0.564. The van der Waals surface area contributed by atoms with Crippen LogP contribution in [0.1, 0.15) is 42.2 Å². The van der Waals surface area contributed by atoms with Crippen LogP contribution in [-0.4, -0.2) is 69.5 Å². The van der Waals surface area contributed by atoms with Gasteiger partial charge in [-0.2, -0.15) is 0 Å². The average Bonchev–Trinajstić information content (AvgIpc) is 3.02. The molecule has 2 amide bonds. The topological polar surface area (TPSA) is 127 Å². The van der Waals surface area contributed by atoms with Gasteiger partial charge in [0, 0.05) is 38.1 Å². The fraction of sp³-hybridized carbons (Fsp3) is 0.226. The van der Waals surface area contributed by atoms with Gasteiger partial charge in [0.25, 0.3) is 11.8 Å². The second kappa shape index (κ2) is 12.9. The zero-order valence-corrected chi connectivity index (χ0v) is 25.0. The van der Waals surface area contributed by atoms with Crippen molar-refractivity contribution in [2.75, 3.05) is 45.4 Å². The largest absolute Gasteiger partial charge is 0.465 e. The van der Waals surface area contributed by atoms with Gasteiger partial charge in [-0.3, -0.25) is 20.0 Å². The van der Waals surface area contributed by atoms with Crippen LogP contribution in [0.25, 0.3) is 16.7 Å². The van der Waals surface area contributed by atoms with Crippen LogP contribution in [0.15, 0.2) is 59.7 Å². The molecule has 3 aromatic rings. The quantitative estimate of drug-likeness (QED) is 0.304. The number of aliphatic imine (C=N–C) groups is 1. The summed E-state index contributed by atoms with van der Waals surface area (Å²) >= 11 is 13.0. The smallest absolute Gasteiger partial charge is 0.339 e. The highest BCUT2D eigenvalue weighted by Gasteiger charge is 2.32. The van der Waals surface area contributed by atoms with Crippen LogP contribution in [0, 0.1) is 0 Å². The number of nitrogens with two attached hydrogens (primary N) is 1. The van der Waals surface area contributed by atoms with Crippen molar-refractivity contribution in [1.29, 1.82) is 0 Å². The molecule has 0 spiro atoms. The summed E-state index contributed by atoms with van der Waals surface area (Å²) in [5, 5.41) is 1.39. The summed E-state index contributed by atoms with van der Waals surface area (Å²) in [4.78, 5) is 45.7. The van der Waals surface area contributed by atoms with Crippen LogP contribution in [0.4, 0.5) is 5.69 Å². The molecule has 43 heavy (non-hydrogen) atoms. The molecular weight excluding hydrogens is 593 g/mol. The third-order valence-corrected chi connectivity index (χ3v) is 7.89. The monoisotopic (exact) mass is 621 g/mol. The Hall–Kier alpha value is -4.38. The van der Waals surface area contributed by atoms with Gasteiger partial charge < -0.3 is 20.1 Å². The van der Waals surface area contributed by atoms with Crippen molar-refractivity contribution in [3.8, 4) is 11.1 Å². The minimum Gasteiger partial charge on any atom is -0.465 e. The Bertz CT molecular complexity index is 1640. The Kier molecular flexibility index (Phi) is 9.00. The first kappa shape index (κ1) is 30.1. The molecule has 2 heterocycles. The molecule has 222 valence electrons. The first-order valence-electron chi connectivity index (χ1n) is 13.4. The molecule has 3 N–H and O–H groups in total. The fourth-order valence-corrected chi connectivity index (χ4v) is 5.88. The number of hydrogen-bond acceptors (Lipinski definition) is 8. The molecule has 10 nitrogen and oxygen atoms in total. The van der Waals surface area contributed by atoms with E-state index in [1.165, 1.54) is 18.3 Å². The van der Waals surface area contributed by atoms with Crippen LogP contribution in [0.5, 0.6) is 0 Å². The van der Waals surface area contributed by atoms with Gasteiger partial charge in [-0.15, -0.1) is 0 Å². The Labute approximate surface area is 258 Å². The van der Waals surface area contributed by atoms with Gasteiger partial charge in [-0.1, -0.05) is 47.5 Å². The number of morpholine rings is 1. The number of hydrazine groups is 1. The number of carbonyl (C=O) groups is 3. The van der Waals surface area contributed by atoms with Crippen molar-refractivity contribution in [3.63, 3.8) is 0 Å². The van der Waals surface area contributed by atoms with Gasteiger partial charge in [0.1, 0.15) is 0 Å². The molecule has 2 aliphatic heterocycles. The predicted molar refractivity (Wildman–Crippen MR) is 167 cm³/mol. The summed E-state index contributed by atoms with van der Waals surface area (Å²) in [5.74, 6) is -1.48. The van der Waals surface area contributed by atoms with E-state index in [0.29, 0.717) is 65.4 Å². The van der Waals surface area contributed by atoms with E-state index in [9.17, 15) is 14.4 Å². The molecule has 5 rings (SSSR count). The van der Waals surface area contributed by atoms with Gasteiger partial charge in [-0.25, -0.2) is 9.80 Å². The second-order valence-corrected chi connectivity index (χ2v) is 10.6. The number of methoxy groups -OCH3 is 1. The number of hydrogen-bond donors (Lipinski definition) is 2. The highest BCUT2D eigenvalue weighted by atomic mass is 35.5. The number of nitrogens with zero attached hydrogens (tertiary/aromatic N) is 3. The van der Waals surface area contributed by atoms with E-state index in [2.05, 4.69) is 15.3 Å².